The van der Waals surface area contributed by atoms with Crippen LogP contribution in [0, 0.1) is 6.92 Å². The van der Waals surface area contributed by atoms with E-state index >= 15 is 0 Å². The van der Waals surface area contributed by atoms with Crippen molar-refractivity contribution in [3.63, 3.8) is 0 Å². The number of anilines is 1. The second kappa shape index (κ2) is 8.17. The zero-order valence-corrected chi connectivity index (χ0v) is 16.7. The minimum atomic E-state index is -3.76. The van der Waals surface area contributed by atoms with Gasteiger partial charge in [-0.05, 0) is 33.1 Å². The number of nitrogens with one attached hydrogen (secondary N) is 1. The van der Waals surface area contributed by atoms with Crippen LogP contribution in [0.25, 0.3) is 0 Å². The van der Waals surface area contributed by atoms with E-state index in [9.17, 15) is 8.42 Å². The highest BCUT2D eigenvalue weighted by molar-refractivity contribution is 7.89. The molecule has 2 aromatic rings. The van der Waals surface area contributed by atoms with Gasteiger partial charge in [-0.25, -0.2) is 18.1 Å². The Balaban J connectivity index is 1.77. The number of ether oxygens (including phenoxy) is 1. The summed E-state index contributed by atoms with van der Waals surface area (Å²) in [6.45, 7) is 6.01. The zero-order valence-electron chi connectivity index (χ0n) is 15.8. The summed E-state index contributed by atoms with van der Waals surface area (Å²) in [5.74, 6) is 1.46. The van der Waals surface area contributed by atoms with E-state index in [2.05, 4.69) is 29.6 Å². The van der Waals surface area contributed by atoms with Crippen LogP contribution in [0.4, 0.5) is 5.95 Å². The van der Waals surface area contributed by atoms with E-state index in [4.69, 9.17) is 4.74 Å². The number of piperidine rings is 1. The van der Waals surface area contributed by atoms with Gasteiger partial charge in [-0.15, -0.1) is 0 Å². The monoisotopic (exact) mass is 395 g/mol. The van der Waals surface area contributed by atoms with Crippen LogP contribution in [-0.4, -0.2) is 53.1 Å². The molecule has 1 N–H and O–H groups in total. The lowest BCUT2D eigenvalue weighted by molar-refractivity contribution is 0.374. The molecule has 1 aliphatic heterocycles. The molecule has 148 valence electrons. The Morgan fingerprint density at radius 2 is 1.89 bits per heavy atom. The normalized spacial score (nSPS) is 15.1. The molecular weight excluding hydrogens is 370 g/mol. The maximum Gasteiger partial charge on any atom is 0.321 e. The third-order valence-electron chi connectivity index (χ3n) is 4.46. The van der Waals surface area contributed by atoms with Gasteiger partial charge in [0.25, 0.3) is 10.0 Å². The van der Waals surface area contributed by atoms with Gasteiger partial charge in [-0.2, -0.15) is 15.0 Å². The van der Waals surface area contributed by atoms with Crippen LogP contribution in [-0.2, 0) is 23.1 Å². The van der Waals surface area contributed by atoms with Gasteiger partial charge >= 0.3 is 6.01 Å². The fourth-order valence-electron chi connectivity index (χ4n) is 2.95. The van der Waals surface area contributed by atoms with Crippen molar-refractivity contribution in [1.29, 1.82) is 0 Å². The highest BCUT2D eigenvalue weighted by atomic mass is 32.2. The van der Waals surface area contributed by atoms with E-state index in [0.717, 1.165) is 25.9 Å². The molecule has 2 aromatic heterocycles. The molecule has 11 heteroatoms. The number of aryl methyl sites for hydroxylation is 2. The van der Waals surface area contributed by atoms with Gasteiger partial charge in [0.1, 0.15) is 5.82 Å². The summed E-state index contributed by atoms with van der Waals surface area (Å²) in [6, 6.07) is 0.172. The molecule has 1 fully saturated rings. The summed E-state index contributed by atoms with van der Waals surface area (Å²) in [5, 5.41) is -0.0147. The van der Waals surface area contributed by atoms with Crippen molar-refractivity contribution in [2.45, 2.75) is 51.2 Å². The number of imidazole rings is 1. The Labute approximate surface area is 159 Å². The summed E-state index contributed by atoms with van der Waals surface area (Å²) in [4.78, 5) is 19.0. The first-order valence-corrected chi connectivity index (χ1v) is 10.5. The molecule has 0 spiro atoms. The van der Waals surface area contributed by atoms with Crippen molar-refractivity contribution >= 4 is 16.0 Å². The fraction of sp³-hybridized carbons (Fsp3) is 0.625. The Bertz CT molecular complexity index is 891. The van der Waals surface area contributed by atoms with Crippen LogP contribution in [0.1, 0.15) is 37.8 Å². The van der Waals surface area contributed by atoms with Gasteiger partial charge in [-0.1, -0.05) is 0 Å². The van der Waals surface area contributed by atoms with Gasteiger partial charge in [0, 0.05) is 25.8 Å². The number of rotatable bonds is 7. The quantitative estimate of drug-likeness (QED) is 0.734. The molecular formula is C16H25N7O3S. The molecule has 0 aromatic carbocycles. The predicted molar refractivity (Wildman–Crippen MR) is 99.1 cm³/mol. The third-order valence-corrected chi connectivity index (χ3v) is 5.73. The smallest absolute Gasteiger partial charge is 0.321 e. The van der Waals surface area contributed by atoms with E-state index < -0.39 is 10.0 Å². The molecule has 27 heavy (non-hydrogen) atoms. The van der Waals surface area contributed by atoms with Gasteiger partial charge in [0.15, 0.2) is 10.9 Å². The number of aromatic nitrogens is 5. The number of nitrogens with zero attached hydrogens (tertiary/aromatic N) is 6. The molecule has 0 saturated carbocycles. The average molecular weight is 395 g/mol. The summed E-state index contributed by atoms with van der Waals surface area (Å²) in [6.07, 6.45) is 4.87. The van der Waals surface area contributed by atoms with Crippen LogP contribution < -0.4 is 14.4 Å². The molecule has 1 saturated heterocycles. The third kappa shape index (κ3) is 4.53. The first kappa shape index (κ1) is 19.5. The largest absolute Gasteiger partial charge is 0.467 e. The highest BCUT2D eigenvalue weighted by Gasteiger charge is 2.21. The van der Waals surface area contributed by atoms with Gasteiger partial charge in [-0.3, -0.25) is 0 Å². The molecule has 1 aliphatic rings. The maximum atomic E-state index is 12.5. The molecule has 0 aliphatic carbocycles. The molecule has 0 unspecified atom stereocenters. The van der Waals surface area contributed by atoms with Crippen molar-refractivity contribution < 1.29 is 13.2 Å². The van der Waals surface area contributed by atoms with Crippen molar-refractivity contribution in [3.05, 3.63) is 17.8 Å². The number of hydrogen-bond acceptors (Lipinski definition) is 8. The van der Waals surface area contributed by atoms with Crippen molar-refractivity contribution in [2.24, 2.45) is 0 Å². The standard InChI is InChI=1S/C16H25N7O3S/c1-4-22-11-14(18-12(22)2)27(24,25)17-10-13-19-15(21-16(20-13)26-3)23-8-6-5-7-9-23/h11,17H,4-10H2,1-3H3. The molecule has 0 radical (unpaired) electrons. The van der Waals surface area contributed by atoms with Crippen LogP contribution in [0.3, 0.4) is 0 Å². The second-order valence-corrected chi connectivity index (χ2v) is 8.04. The lowest BCUT2D eigenvalue weighted by Crippen LogP contribution is -2.32. The van der Waals surface area contributed by atoms with Crippen LogP contribution >= 0.6 is 0 Å². The topological polar surface area (TPSA) is 115 Å². The van der Waals surface area contributed by atoms with Crippen LogP contribution in [0.15, 0.2) is 11.2 Å². The average Bonchev–Trinajstić information content (AvgIpc) is 3.08. The van der Waals surface area contributed by atoms with Crippen molar-refractivity contribution in [1.82, 2.24) is 29.2 Å². The molecule has 3 rings (SSSR count). The minimum Gasteiger partial charge on any atom is -0.467 e. The lowest BCUT2D eigenvalue weighted by atomic mass is 10.1. The first-order chi connectivity index (χ1) is 12.9. The SMILES string of the molecule is CCn1cc(S(=O)(=O)NCc2nc(OC)nc(N3CCCCC3)n2)nc1C. The van der Waals surface area contributed by atoms with E-state index in [-0.39, 0.29) is 17.6 Å². The van der Waals surface area contributed by atoms with Gasteiger partial charge in [0.2, 0.25) is 5.95 Å². The minimum absolute atomic E-state index is 0.0147. The van der Waals surface area contributed by atoms with Crippen LogP contribution in [0.5, 0.6) is 6.01 Å². The van der Waals surface area contributed by atoms with Crippen molar-refractivity contribution in [3.8, 4) is 6.01 Å². The first-order valence-electron chi connectivity index (χ1n) is 9.00. The predicted octanol–water partition coefficient (Wildman–Crippen LogP) is 0.874. The van der Waals surface area contributed by atoms with Crippen molar-refractivity contribution in [2.75, 3.05) is 25.1 Å². The molecule has 0 amide bonds. The summed E-state index contributed by atoms with van der Waals surface area (Å²) < 4.78 is 34.5. The zero-order chi connectivity index (χ0) is 19.4. The van der Waals surface area contributed by atoms with E-state index in [1.54, 1.807) is 11.5 Å². The summed E-state index contributed by atoms with van der Waals surface area (Å²) in [7, 11) is -2.29. The number of hydrogen-bond donors (Lipinski definition) is 1. The fourth-order valence-corrected chi connectivity index (χ4v) is 3.94. The van der Waals surface area contributed by atoms with E-state index in [0.29, 0.717) is 24.1 Å². The molecule has 3 heterocycles. The number of sulfonamides is 1. The summed E-state index contributed by atoms with van der Waals surface area (Å²) in [5.41, 5.74) is 0. The molecule has 0 bridgehead atoms. The van der Waals surface area contributed by atoms with Gasteiger partial charge in [0.05, 0.1) is 13.7 Å². The number of methoxy groups -OCH3 is 1. The Morgan fingerprint density at radius 1 is 1.15 bits per heavy atom. The van der Waals surface area contributed by atoms with Crippen LogP contribution in [0.2, 0.25) is 0 Å². The van der Waals surface area contributed by atoms with Gasteiger partial charge < -0.3 is 14.2 Å². The Morgan fingerprint density at radius 3 is 2.52 bits per heavy atom. The Kier molecular flexibility index (Phi) is 5.90. The second-order valence-electron chi connectivity index (χ2n) is 6.32. The summed E-state index contributed by atoms with van der Waals surface area (Å²) >= 11 is 0. The van der Waals surface area contributed by atoms with E-state index in [1.165, 1.54) is 19.7 Å². The Hall–Kier alpha value is -2.27. The van der Waals surface area contributed by atoms with E-state index in [1.807, 2.05) is 6.92 Å². The maximum absolute atomic E-state index is 12.5. The molecule has 10 nitrogen and oxygen atoms in total. The lowest BCUT2D eigenvalue weighted by Gasteiger charge is -2.26. The highest BCUT2D eigenvalue weighted by Crippen LogP contribution is 2.18. The molecule has 0 atom stereocenters.